The Morgan fingerprint density at radius 2 is 0.918 bits per heavy atom. The maximum Gasteiger partial charge on any atom is 0.246 e. The van der Waals surface area contributed by atoms with Crippen molar-refractivity contribution in [3.63, 3.8) is 0 Å². The summed E-state index contributed by atoms with van der Waals surface area (Å²) < 4.78 is 0. The minimum absolute atomic E-state index is 0.0329. The minimum atomic E-state index is -1.60. The van der Waals surface area contributed by atoms with E-state index in [4.69, 9.17) is 0 Å². The van der Waals surface area contributed by atoms with Crippen LogP contribution >= 0.6 is 0 Å². The van der Waals surface area contributed by atoms with E-state index in [9.17, 15) is 48.3 Å². The molecule has 0 saturated carbocycles. The van der Waals surface area contributed by atoms with Gasteiger partial charge in [0.05, 0.1) is 18.7 Å². The molecular weight excluding hydrogens is 1090 g/mol. The van der Waals surface area contributed by atoms with Gasteiger partial charge in [0.2, 0.25) is 59.1 Å². The Bertz CT molecular complexity index is 2320. The van der Waals surface area contributed by atoms with Gasteiger partial charge in [0.1, 0.15) is 48.3 Å². The molecule has 0 bridgehead atoms. The van der Waals surface area contributed by atoms with Crippen LogP contribution in [0.5, 0.6) is 0 Å². The largest absolute Gasteiger partial charge is 0.390 e. The van der Waals surface area contributed by atoms with Gasteiger partial charge in [-0.05, 0) is 101 Å². The van der Waals surface area contributed by atoms with Gasteiger partial charge in [0, 0.05) is 61.7 Å². The number of nitrogens with zero attached hydrogens (tertiary/aromatic N) is 7. The van der Waals surface area contributed by atoms with Crippen molar-refractivity contribution in [1.82, 2.24) is 50.2 Å². The lowest BCUT2D eigenvalue weighted by molar-refractivity contribution is -0.157. The summed E-state index contributed by atoms with van der Waals surface area (Å²) in [6.45, 7) is 29.6. The summed E-state index contributed by atoms with van der Waals surface area (Å²) >= 11 is 0. The number of likely N-dealkylation sites (N-methyl/N-ethyl adjacent to an activating group) is 7. The van der Waals surface area contributed by atoms with Crippen molar-refractivity contribution < 1.29 is 57.8 Å². The summed E-state index contributed by atoms with van der Waals surface area (Å²) in [5, 5.41) is 20.3. The summed E-state index contributed by atoms with van der Waals surface area (Å²) in [6, 6.07) is -10.9. The molecule has 4 N–H and O–H groups in total. The van der Waals surface area contributed by atoms with Crippen LogP contribution in [0.15, 0.2) is 12.2 Å². The molecule has 0 aromatic carbocycles. The monoisotopic (exact) mass is 1200 g/mol. The van der Waals surface area contributed by atoms with E-state index in [1.165, 1.54) is 87.7 Å². The quantitative estimate of drug-likeness (QED) is 0.167. The first-order chi connectivity index (χ1) is 39.2. The normalized spacial score (nSPS) is 27.0. The van der Waals surface area contributed by atoms with Crippen LogP contribution < -0.4 is 16.0 Å². The average Bonchev–Trinajstić information content (AvgIpc) is 3.62. The van der Waals surface area contributed by atoms with Gasteiger partial charge in [-0.2, -0.15) is 0 Å². The van der Waals surface area contributed by atoms with Crippen molar-refractivity contribution in [3.05, 3.63) is 12.2 Å². The second-order valence-electron chi connectivity index (χ2n) is 26.4. The average molecular weight is 1200 g/mol. The molecular formula is C63H112N10O12. The number of aliphatic hydroxyl groups excluding tert-OH is 1. The Morgan fingerprint density at radius 3 is 1.38 bits per heavy atom. The lowest BCUT2D eigenvalue weighted by Gasteiger charge is -2.41. The number of hydrogen-bond donors (Lipinski definition) is 4. The molecule has 1 fully saturated rings. The Kier molecular flexibility index (Phi) is 31.8. The molecule has 1 heterocycles. The van der Waals surface area contributed by atoms with Gasteiger partial charge in [-0.1, -0.05) is 109 Å². The van der Waals surface area contributed by atoms with Gasteiger partial charge in [-0.3, -0.25) is 52.7 Å². The smallest absolute Gasteiger partial charge is 0.246 e. The van der Waals surface area contributed by atoms with Crippen molar-refractivity contribution in [2.45, 2.75) is 223 Å². The molecule has 1 saturated heterocycles. The van der Waals surface area contributed by atoms with Crippen molar-refractivity contribution >= 4 is 64.9 Å². The number of aliphatic hydroxyl groups is 1. The zero-order chi connectivity index (χ0) is 66.0. The molecule has 85 heavy (non-hydrogen) atoms. The van der Waals surface area contributed by atoms with Crippen LogP contribution in [-0.2, 0) is 52.7 Å². The van der Waals surface area contributed by atoms with E-state index in [2.05, 4.69) is 16.0 Å². The fourth-order valence-corrected chi connectivity index (χ4v) is 11.0. The van der Waals surface area contributed by atoms with Crippen molar-refractivity contribution in [1.29, 1.82) is 0 Å². The first-order valence-corrected chi connectivity index (χ1v) is 30.8. The fraction of sp³-hybridized carbons (Fsp3) is 0.794. The number of hydrogen-bond acceptors (Lipinski definition) is 12. The van der Waals surface area contributed by atoms with E-state index >= 15 is 9.59 Å². The molecule has 22 nitrogen and oxygen atoms in total. The molecule has 0 spiro atoms. The number of carbonyl (C=O) groups is 11. The van der Waals surface area contributed by atoms with E-state index < -0.39 is 156 Å². The van der Waals surface area contributed by atoms with Gasteiger partial charge >= 0.3 is 0 Å². The Labute approximate surface area is 509 Å². The molecule has 1 aliphatic heterocycles. The molecule has 0 aromatic heterocycles. The first kappa shape index (κ1) is 77.1. The van der Waals surface area contributed by atoms with Crippen LogP contribution in [0.3, 0.4) is 0 Å². The summed E-state index contributed by atoms with van der Waals surface area (Å²) in [7, 11) is 10.0. The number of carbonyl (C=O) groups excluding carboxylic acids is 11. The van der Waals surface area contributed by atoms with Crippen LogP contribution in [0.2, 0.25) is 0 Å². The fourth-order valence-electron chi connectivity index (χ4n) is 11.0. The zero-order valence-electron chi connectivity index (χ0n) is 56.3. The molecule has 0 aliphatic carbocycles. The number of allylic oxidation sites excluding steroid dienone is 2. The van der Waals surface area contributed by atoms with Crippen LogP contribution in [0.4, 0.5) is 0 Å². The number of rotatable bonds is 15. The summed E-state index contributed by atoms with van der Waals surface area (Å²) in [5.74, 6) is -9.97. The van der Waals surface area contributed by atoms with Crippen LogP contribution in [-0.4, -0.2) is 221 Å². The third kappa shape index (κ3) is 21.8. The predicted molar refractivity (Wildman–Crippen MR) is 330 cm³/mol. The minimum Gasteiger partial charge on any atom is -0.390 e. The third-order valence-corrected chi connectivity index (χ3v) is 16.5. The second kappa shape index (κ2) is 35.0. The molecule has 12 atom stereocenters. The SMILES string of the molecule is C/C=C/C[C@@H](C)C(O)[C@H]1C(=O)NC(CC)C(=O)N(C)CC(=O)N(C)[C@@H](CC(C)C)C(=O)C[C@@H](C(C)C)C(=O)N(C)C(CC(C)C)C(=O)N[C@@H](C)C(=O)NC(C)C(=O)N(C)[C@@H](CC(C)C)C(=O)N(C)C(CC(C)C)C(=O)N(C)C(C(C)C)C(=O)N1C. The molecule has 10 amide bonds. The van der Waals surface area contributed by atoms with E-state index in [-0.39, 0.29) is 62.2 Å². The van der Waals surface area contributed by atoms with E-state index in [1.807, 2.05) is 61.5 Å². The molecule has 0 radical (unpaired) electrons. The Hall–Kier alpha value is -5.93. The first-order valence-electron chi connectivity index (χ1n) is 30.8. The van der Waals surface area contributed by atoms with Crippen molar-refractivity contribution in [3.8, 4) is 0 Å². The van der Waals surface area contributed by atoms with Crippen molar-refractivity contribution in [2.75, 3.05) is 55.9 Å². The van der Waals surface area contributed by atoms with E-state index in [1.54, 1.807) is 54.5 Å². The number of nitrogens with one attached hydrogen (secondary N) is 3. The highest BCUT2D eigenvalue weighted by Crippen LogP contribution is 2.27. The van der Waals surface area contributed by atoms with Gasteiger partial charge in [0.15, 0.2) is 5.78 Å². The number of amides is 10. The Balaban J connectivity index is 4.32. The number of Topliss-reactive ketones (excluding diaryl/α,β-unsaturated/α-hetero) is 1. The van der Waals surface area contributed by atoms with Gasteiger partial charge in [0.25, 0.3) is 0 Å². The highest BCUT2D eigenvalue weighted by molar-refractivity contribution is 5.99. The van der Waals surface area contributed by atoms with Gasteiger partial charge < -0.3 is 55.4 Å². The Morgan fingerprint density at radius 1 is 0.482 bits per heavy atom. The molecule has 1 rings (SSSR count). The van der Waals surface area contributed by atoms with Gasteiger partial charge in [-0.15, -0.1) is 0 Å². The van der Waals surface area contributed by atoms with E-state index in [0.717, 1.165) is 9.80 Å². The molecule has 486 valence electrons. The number of ketones is 1. The molecule has 1 aliphatic rings. The topological polar surface area (TPSA) is 267 Å². The summed E-state index contributed by atoms with van der Waals surface area (Å²) in [5.41, 5.74) is 0. The predicted octanol–water partition coefficient (Wildman–Crippen LogP) is 4.36. The third-order valence-electron chi connectivity index (χ3n) is 16.5. The highest BCUT2D eigenvalue weighted by atomic mass is 16.3. The highest BCUT2D eigenvalue weighted by Gasteiger charge is 2.45. The maximum atomic E-state index is 15.1. The van der Waals surface area contributed by atoms with Crippen LogP contribution in [0, 0.1) is 47.3 Å². The lowest BCUT2D eigenvalue weighted by atomic mass is 9.85. The summed E-state index contributed by atoms with van der Waals surface area (Å²) in [4.78, 5) is 169. The standard InChI is InChI=1S/C63H112N10O12/c1-25-27-28-41(15)54(76)53-57(79)66-45(26-2)60(82)67(18)34-51(75)68(19)46(29-35(3)4)50(74)33-44(39(11)12)59(81)69(20)47(30-36(5)6)56(78)64-42(16)55(77)65-43(17)58(80)70(21)48(31-37(7)8)61(83)71(22)49(32-38(9)10)62(84)72(23)52(40(13)14)63(85)73(53)24/h25,27,35-49,52-54,76H,26,28-34H2,1-24H3,(H,64,78)(H,65,77)(H,66,79)/b27-25+/t41-,42+,43?,44+,45?,46+,47?,48+,49?,52?,53+,54?/m1/s1. The van der Waals surface area contributed by atoms with E-state index in [0.29, 0.717) is 6.42 Å². The molecule has 0 aromatic rings. The molecule has 6 unspecified atom stereocenters. The second-order valence-corrected chi connectivity index (χ2v) is 26.4. The summed E-state index contributed by atoms with van der Waals surface area (Å²) in [6.07, 6.45) is 2.88. The van der Waals surface area contributed by atoms with Crippen LogP contribution in [0.25, 0.3) is 0 Å². The lowest BCUT2D eigenvalue weighted by Crippen LogP contribution is -2.63. The van der Waals surface area contributed by atoms with Crippen molar-refractivity contribution in [2.24, 2.45) is 47.3 Å². The zero-order valence-corrected chi connectivity index (χ0v) is 56.3. The maximum absolute atomic E-state index is 15.1. The molecule has 22 heteroatoms. The van der Waals surface area contributed by atoms with Gasteiger partial charge in [-0.25, -0.2) is 0 Å². The van der Waals surface area contributed by atoms with Crippen LogP contribution in [0.1, 0.15) is 163 Å².